The normalized spacial score (nSPS) is 12.8. The van der Waals surface area contributed by atoms with E-state index in [-0.39, 0.29) is 0 Å². The first-order valence-electron chi connectivity index (χ1n) is 7.00. The largest absolute Gasteiger partial charge is 0.309 e. The van der Waals surface area contributed by atoms with E-state index in [2.05, 4.69) is 24.1 Å². The van der Waals surface area contributed by atoms with Gasteiger partial charge in [0, 0.05) is 17.1 Å². The molecule has 0 fully saturated rings. The van der Waals surface area contributed by atoms with Gasteiger partial charge in [0.1, 0.15) is 0 Å². The molecule has 0 radical (unpaired) electrons. The summed E-state index contributed by atoms with van der Waals surface area (Å²) in [5, 5.41) is 3.63. The molecule has 2 nitrogen and oxygen atoms in total. The molecule has 1 atom stereocenters. The number of hydrogen-bond acceptors (Lipinski definition) is 3. The number of rotatable bonds is 10. The highest BCUT2D eigenvalue weighted by atomic mass is 32.1. The van der Waals surface area contributed by atoms with Crippen molar-refractivity contribution in [3.8, 4) is 0 Å². The lowest BCUT2D eigenvalue weighted by atomic mass is 10.1. The van der Waals surface area contributed by atoms with Crippen molar-refractivity contribution in [3.63, 3.8) is 0 Å². The predicted octanol–water partition coefficient (Wildman–Crippen LogP) is 4.54. The van der Waals surface area contributed by atoms with Crippen molar-refractivity contribution in [1.29, 1.82) is 0 Å². The van der Waals surface area contributed by atoms with Crippen molar-refractivity contribution in [3.05, 3.63) is 16.6 Å². The highest BCUT2D eigenvalue weighted by Gasteiger charge is 2.11. The number of aromatic nitrogens is 1. The molecule has 1 unspecified atom stereocenters. The molecule has 1 aromatic rings. The van der Waals surface area contributed by atoms with Gasteiger partial charge in [-0.3, -0.25) is 4.98 Å². The molecule has 0 bridgehead atoms. The number of nitrogens with zero attached hydrogens (tertiary/aromatic N) is 1. The third-order valence-electron chi connectivity index (χ3n) is 3.03. The SMILES string of the molecule is CCCCCCCC(NCCC)c1cncs1. The predicted molar refractivity (Wildman–Crippen MR) is 76.5 cm³/mol. The van der Waals surface area contributed by atoms with Crippen LogP contribution in [0.1, 0.15) is 69.7 Å². The number of thiazole rings is 1. The van der Waals surface area contributed by atoms with Crippen molar-refractivity contribution in [1.82, 2.24) is 10.3 Å². The second kappa shape index (κ2) is 9.60. The Balaban J connectivity index is 2.26. The molecule has 0 saturated heterocycles. The van der Waals surface area contributed by atoms with Crippen LogP contribution in [0.25, 0.3) is 0 Å². The Hall–Kier alpha value is -0.410. The van der Waals surface area contributed by atoms with Gasteiger partial charge in [-0.2, -0.15) is 0 Å². The van der Waals surface area contributed by atoms with Gasteiger partial charge in [0.2, 0.25) is 0 Å². The molecule has 0 spiro atoms. The first-order valence-corrected chi connectivity index (χ1v) is 7.88. The fraction of sp³-hybridized carbons (Fsp3) is 0.786. The highest BCUT2D eigenvalue weighted by molar-refractivity contribution is 7.09. The smallest absolute Gasteiger partial charge is 0.0794 e. The molecular formula is C14H26N2S. The molecule has 1 N–H and O–H groups in total. The maximum Gasteiger partial charge on any atom is 0.0794 e. The fourth-order valence-electron chi connectivity index (χ4n) is 2.01. The van der Waals surface area contributed by atoms with E-state index in [1.54, 1.807) is 11.3 Å². The van der Waals surface area contributed by atoms with E-state index in [4.69, 9.17) is 0 Å². The van der Waals surface area contributed by atoms with Crippen LogP contribution in [0, 0.1) is 0 Å². The summed E-state index contributed by atoms with van der Waals surface area (Å²) < 4.78 is 0. The second-order valence-electron chi connectivity index (χ2n) is 4.61. The van der Waals surface area contributed by atoms with Gasteiger partial charge in [-0.05, 0) is 19.4 Å². The summed E-state index contributed by atoms with van der Waals surface area (Å²) >= 11 is 1.78. The Bertz CT molecular complexity index is 259. The zero-order valence-corrected chi connectivity index (χ0v) is 12.1. The molecular weight excluding hydrogens is 228 g/mol. The quantitative estimate of drug-likeness (QED) is 0.620. The summed E-state index contributed by atoms with van der Waals surface area (Å²) in [4.78, 5) is 5.58. The minimum atomic E-state index is 0.532. The third kappa shape index (κ3) is 6.18. The van der Waals surface area contributed by atoms with E-state index in [1.807, 2.05) is 11.7 Å². The van der Waals surface area contributed by atoms with Gasteiger partial charge in [0.25, 0.3) is 0 Å². The second-order valence-corrected chi connectivity index (χ2v) is 5.53. The lowest BCUT2D eigenvalue weighted by Gasteiger charge is -2.16. The minimum absolute atomic E-state index is 0.532. The van der Waals surface area contributed by atoms with E-state index in [0.29, 0.717) is 6.04 Å². The number of hydrogen-bond donors (Lipinski definition) is 1. The standard InChI is InChI=1S/C14H26N2S/c1-3-5-6-7-8-9-13(16-10-4-2)14-11-15-12-17-14/h11-13,16H,3-10H2,1-2H3. The van der Waals surface area contributed by atoms with Crippen LogP contribution in [0.15, 0.2) is 11.7 Å². The van der Waals surface area contributed by atoms with Crippen LogP contribution < -0.4 is 5.32 Å². The van der Waals surface area contributed by atoms with Crippen LogP contribution in [-0.4, -0.2) is 11.5 Å². The molecule has 1 heterocycles. The van der Waals surface area contributed by atoms with Gasteiger partial charge in [-0.1, -0.05) is 46.0 Å². The van der Waals surface area contributed by atoms with Gasteiger partial charge in [-0.15, -0.1) is 11.3 Å². The topological polar surface area (TPSA) is 24.9 Å². The van der Waals surface area contributed by atoms with Crippen LogP contribution in [-0.2, 0) is 0 Å². The van der Waals surface area contributed by atoms with E-state index in [9.17, 15) is 0 Å². The lowest BCUT2D eigenvalue weighted by Crippen LogP contribution is -2.21. The van der Waals surface area contributed by atoms with Crippen molar-refractivity contribution >= 4 is 11.3 Å². The van der Waals surface area contributed by atoms with Crippen molar-refractivity contribution in [2.75, 3.05) is 6.54 Å². The van der Waals surface area contributed by atoms with E-state index >= 15 is 0 Å². The number of nitrogens with one attached hydrogen (secondary N) is 1. The highest BCUT2D eigenvalue weighted by Crippen LogP contribution is 2.23. The zero-order chi connectivity index (χ0) is 12.3. The maximum atomic E-state index is 4.19. The minimum Gasteiger partial charge on any atom is -0.309 e. The Morgan fingerprint density at radius 1 is 1.18 bits per heavy atom. The molecule has 0 saturated carbocycles. The van der Waals surface area contributed by atoms with Crippen molar-refractivity contribution in [2.45, 2.75) is 64.8 Å². The molecule has 0 aromatic carbocycles. The van der Waals surface area contributed by atoms with E-state index < -0.39 is 0 Å². The van der Waals surface area contributed by atoms with Crippen molar-refractivity contribution in [2.24, 2.45) is 0 Å². The molecule has 0 aliphatic rings. The van der Waals surface area contributed by atoms with Crippen LogP contribution in [0.2, 0.25) is 0 Å². The maximum absolute atomic E-state index is 4.19. The molecule has 0 aliphatic heterocycles. The van der Waals surface area contributed by atoms with Gasteiger partial charge in [0.05, 0.1) is 5.51 Å². The third-order valence-corrected chi connectivity index (χ3v) is 3.92. The van der Waals surface area contributed by atoms with Crippen LogP contribution >= 0.6 is 11.3 Å². The van der Waals surface area contributed by atoms with Gasteiger partial charge >= 0.3 is 0 Å². The summed E-state index contributed by atoms with van der Waals surface area (Å²) in [7, 11) is 0. The summed E-state index contributed by atoms with van der Waals surface area (Å²) in [5.41, 5.74) is 1.94. The van der Waals surface area contributed by atoms with Crippen molar-refractivity contribution < 1.29 is 0 Å². The molecule has 17 heavy (non-hydrogen) atoms. The summed E-state index contributed by atoms with van der Waals surface area (Å²) in [6.45, 7) is 5.60. The average Bonchev–Trinajstić information content (AvgIpc) is 2.86. The Labute approximate surface area is 110 Å². The van der Waals surface area contributed by atoms with Gasteiger partial charge in [0.15, 0.2) is 0 Å². The van der Waals surface area contributed by atoms with E-state index in [1.165, 1.54) is 49.8 Å². The van der Waals surface area contributed by atoms with Gasteiger partial charge < -0.3 is 5.32 Å². The molecule has 3 heteroatoms. The molecule has 1 rings (SSSR count). The first-order chi connectivity index (χ1) is 8.38. The fourth-order valence-corrected chi connectivity index (χ4v) is 2.74. The molecule has 0 amide bonds. The van der Waals surface area contributed by atoms with Crippen LogP contribution in [0.3, 0.4) is 0 Å². The summed E-state index contributed by atoms with van der Waals surface area (Å²) in [6.07, 6.45) is 11.3. The Kier molecular flexibility index (Phi) is 8.28. The summed E-state index contributed by atoms with van der Waals surface area (Å²) in [6, 6.07) is 0.532. The first kappa shape index (κ1) is 14.7. The Morgan fingerprint density at radius 3 is 2.65 bits per heavy atom. The van der Waals surface area contributed by atoms with Crippen LogP contribution in [0.4, 0.5) is 0 Å². The molecule has 98 valence electrons. The summed E-state index contributed by atoms with van der Waals surface area (Å²) in [5.74, 6) is 0. The van der Waals surface area contributed by atoms with E-state index in [0.717, 1.165) is 6.54 Å². The average molecular weight is 254 g/mol. The Morgan fingerprint density at radius 2 is 2.00 bits per heavy atom. The van der Waals surface area contributed by atoms with Crippen LogP contribution in [0.5, 0.6) is 0 Å². The lowest BCUT2D eigenvalue weighted by molar-refractivity contribution is 0.473. The molecule has 0 aliphatic carbocycles. The zero-order valence-electron chi connectivity index (χ0n) is 11.2. The monoisotopic (exact) mass is 254 g/mol. The molecule has 1 aromatic heterocycles. The number of unbranched alkanes of at least 4 members (excludes halogenated alkanes) is 4. The van der Waals surface area contributed by atoms with Gasteiger partial charge in [-0.25, -0.2) is 0 Å².